The lowest BCUT2D eigenvalue weighted by Crippen LogP contribution is -2.38. The highest BCUT2D eigenvalue weighted by Gasteiger charge is 2.02. The van der Waals surface area contributed by atoms with Gasteiger partial charge in [-0.1, -0.05) is 0 Å². The normalized spacial score (nSPS) is 9.33. The van der Waals surface area contributed by atoms with Crippen molar-refractivity contribution in [2.24, 2.45) is 5.73 Å². The summed E-state index contributed by atoms with van der Waals surface area (Å²) >= 11 is 0. The van der Waals surface area contributed by atoms with E-state index >= 15 is 0 Å². The van der Waals surface area contributed by atoms with Gasteiger partial charge in [-0.2, -0.15) is 0 Å². The molecule has 86 valence electrons. The summed E-state index contributed by atoms with van der Waals surface area (Å²) in [7, 11) is 0. The van der Waals surface area contributed by atoms with Gasteiger partial charge in [0.15, 0.2) is 0 Å². The average Bonchev–Trinajstić information content (AvgIpc) is 2.11. The number of ether oxygens (including phenoxy) is 1. The van der Waals surface area contributed by atoms with E-state index in [0.29, 0.717) is 0 Å². The molecule has 8 nitrogen and oxygen atoms in total. The van der Waals surface area contributed by atoms with Crippen molar-refractivity contribution >= 4 is 17.9 Å². The van der Waals surface area contributed by atoms with Gasteiger partial charge in [0.2, 0.25) is 5.91 Å². The van der Waals surface area contributed by atoms with E-state index in [1.807, 2.05) is 0 Å². The third-order valence-electron chi connectivity index (χ3n) is 1.21. The molecule has 0 aliphatic heterocycles. The van der Waals surface area contributed by atoms with Gasteiger partial charge in [-0.3, -0.25) is 4.79 Å². The Morgan fingerprint density at radius 2 is 1.73 bits per heavy atom. The second kappa shape index (κ2) is 7.56. The molecule has 0 bridgehead atoms. The lowest BCUT2D eigenvalue weighted by atomic mass is 10.5. The maximum absolute atomic E-state index is 10.9. The predicted molar refractivity (Wildman–Crippen MR) is 49.1 cm³/mol. The predicted octanol–water partition coefficient (Wildman–Crippen LogP) is -2.13. The maximum atomic E-state index is 10.9. The van der Waals surface area contributed by atoms with E-state index in [1.54, 1.807) is 0 Å². The molecule has 0 heterocycles. The number of carboxylic acids is 1. The minimum atomic E-state index is -1.14. The van der Waals surface area contributed by atoms with Crippen LogP contribution < -0.4 is 16.4 Å². The Labute approximate surface area is 85.8 Å². The Morgan fingerprint density at radius 3 is 2.27 bits per heavy atom. The zero-order chi connectivity index (χ0) is 11.7. The number of urea groups is 1. The molecule has 0 aliphatic carbocycles. The first-order valence-corrected chi connectivity index (χ1v) is 4.12. The van der Waals surface area contributed by atoms with Crippen molar-refractivity contribution in [3.63, 3.8) is 0 Å². The topological polar surface area (TPSA) is 131 Å². The lowest BCUT2D eigenvalue weighted by Gasteiger charge is -2.05. The van der Waals surface area contributed by atoms with Gasteiger partial charge >= 0.3 is 12.0 Å². The van der Waals surface area contributed by atoms with Gasteiger partial charge in [0.05, 0.1) is 0 Å². The largest absolute Gasteiger partial charge is 0.480 e. The molecule has 3 amide bonds. The first-order chi connectivity index (χ1) is 7.02. The second-order valence-electron chi connectivity index (χ2n) is 2.53. The van der Waals surface area contributed by atoms with E-state index in [0.717, 1.165) is 0 Å². The molecule has 0 spiro atoms. The number of primary amides is 1. The molecule has 0 aliphatic rings. The Bertz CT molecular complexity index is 243. The summed E-state index contributed by atoms with van der Waals surface area (Å²) < 4.78 is 4.51. The number of amides is 3. The van der Waals surface area contributed by atoms with Crippen LogP contribution in [0, 0.1) is 0 Å². The molecule has 0 aromatic rings. The minimum absolute atomic E-state index is 0.207. The summed E-state index contributed by atoms with van der Waals surface area (Å²) in [5.74, 6) is -1.60. The van der Waals surface area contributed by atoms with Crippen LogP contribution in [0.2, 0.25) is 0 Å². The van der Waals surface area contributed by atoms with Crippen molar-refractivity contribution in [2.45, 2.75) is 0 Å². The van der Waals surface area contributed by atoms with E-state index in [-0.39, 0.29) is 19.7 Å². The van der Waals surface area contributed by atoms with E-state index < -0.39 is 24.5 Å². The molecule has 8 heteroatoms. The molecule has 0 saturated heterocycles. The number of carbonyl (C=O) groups excluding carboxylic acids is 2. The smallest absolute Gasteiger partial charge is 0.329 e. The first kappa shape index (κ1) is 13.2. The van der Waals surface area contributed by atoms with Gasteiger partial charge in [-0.05, 0) is 0 Å². The molecule has 0 aromatic heterocycles. The summed E-state index contributed by atoms with van der Waals surface area (Å²) in [5, 5.41) is 12.8. The number of nitrogens with two attached hydrogens (primary N) is 1. The fraction of sp³-hybridized carbons (Fsp3) is 0.571. The van der Waals surface area contributed by atoms with Crippen LogP contribution in [-0.4, -0.2) is 49.3 Å². The van der Waals surface area contributed by atoms with Crippen molar-refractivity contribution in [1.29, 1.82) is 0 Å². The van der Waals surface area contributed by atoms with Crippen LogP contribution >= 0.6 is 0 Å². The van der Waals surface area contributed by atoms with Crippen LogP contribution in [0.1, 0.15) is 0 Å². The van der Waals surface area contributed by atoms with Crippen LogP contribution in [0.15, 0.2) is 0 Å². The Balaban J connectivity index is 3.33. The standard InChI is InChI=1S/C7H13N3O5/c8-7(14)10-2-1-9-5(11)3-15-4-6(12)13/h1-4H2,(H,9,11)(H,12,13)(H3,8,10,14). The fourth-order valence-corrected chi connectivity index (χ4v) is 0.670. The minimum Gasteiger partial charge on any atom is -0.480 e. The summed E-state index contributed by atoms with van der Waals surface area (Å²) in [6.45, 7) is -0.436. The average molecular weight is 219 g/mol. The number of nitrogens with one attached hydrogen (secondary N) is 2. The van der Waals surface area contributed by atoms with Gasteiger partial charge in [0, 0.05) is 13.1 Å². The molecule has 0 radical (unpaired) electrons. The van der Waals surface area contributed by atoms with Crippen molar-refractivity contribution in [3.8, 4) is 0 Å². The molecule has 0 aromatic carbocycles. The molecule has 0 atom stereocenters. The van der Waals surface area contributed by atoms with Crippen molar-refractivity contribution in [3.05, 3.63) is 0 Å². The Morgan fingerprint density at radius 1 is 1.13 bits per heavy atom. The van der Waals surface area contributed by atoms with Crippen molar-refractivity contribution in [2.75, 3.05) is 26.3 Å². The maximum Gasteiger partial charge on any atom is 0.329 e. The van der Waals surface area contributed by atoms with Crippen LogP contribution in [0.5, 0.6) is 0 Å². The fourth-order valence-electron chi connectivity index (χ4n) is 0.670. The molecular weight excluding hydrogens is 206 g/mol. The number of carbonyl (C=O) groups is 3. The molecule has 0 rings (SSSR count). The van der Waals surface area contributed by atoms with Crippen molar-refractivity contribution < 1.29 is 24.2 Å². The summed E-state index contributed by atoms with van der Waals surface area (Å²) in [6.07, 6.45) is 0. The van der Waals surface area contributed by atoms with Gasteiger partial charge < -0.3 is 26.2 Å². The quantitative estimate of drug-likeness (QED) is 0.363. The van der Waals surface area contributed by atoms with E-state index in [4.69, 9.17) is 10.8 Å². The SMILES string of the molecule is NC(=O)NCCNC(=O)COCC(=O)O. The zero-order valence-corrected chi connectivity index (χ0v) is 7.99. The number of hydrogen-bond acceptors (Lipinski definition) is 4. The lowest BCUT2D eigenvalue weighted by molar-refractivity contribution is -0.143. The molecular formula is C7H13N3O5. The third kappa shape index (κ3) is 10.1. The highest BCUT2D eigenvalue weighted by molar-refractivity contribution is 5.77. The number of hydrogen-bond donors (Lipinski definition) is 4. The molecule has 0 fully saturated rings. The zero-order valence-electron chi connectivity index (χ0n) is 7.99. The van der Waals surface area contributed by atoms with Crippen LogP contribution in [0.3, 0.4) is 0 Å². The highest BCUT2D eigenvalue weighted by atomic mass is 16.5. The van der Waals surface area contributed by atoms with Gasteiger partial charge in [-0.15, -0.1) is 0 Å². The van der Waals surface area contributed by atoms with E-state index in [1.165, 1.54) is 0 Å². The molecule has 0 unspecified atom stereocenters. The molecule has 0 saturated carbocycles. The second-order valence-corrected chi connectivity index (χ2v) is 2.53. The Hall–Kier alpha value is -1.83. The van der Waals surface area contributed by atoms with E-state index in [2.05, 4.69) is 15.4 Å². The number of aliphatic carboxylic acids is 1. The summed E-state index contributed by atoms with van der Waals surface area (Å²) in [5.41, 5.74) is 4.77. The van der Waals surface area contributed by atoms with Crippen LogP contribution in [-0.2, 0) is 14.3 Å². The first-order valence-electron chi connectivity index (χ1n) is 4.12. The molecule has 5 N–H and O–H groups in total. The summed E-state index contributed by atoms with van der Waals surface area (Å²) in [6, 6.07) is -0.675. The van der Waals surface area contributed by atoms with Crippen LogP contribution in [0.4, 0.5) is 4.79 Å². The van der Waals surface area contributed by atoms with Crippen molar-refractivity contribution in [1.82, 2.24) is 10.6 Å². The Kier molecular flexibility index (Phi) is 6.64. The third-order valence-corrected chi connectivity index (χ3v) is 1.21. The summed E-state index contributed by atoms with van der Waals surface area (Å²) in [4.78, 5) is 31.1. The highest BCUT2D eigenvalue weighted by Crippen LogP contribution is 1.75. The van der Waals surface area contributed by atoms with Gasteiger partial charge in [0.1, 0.15) is 13.2 Å². The van der Waals surface area contributed by atoms with E-state index in [9.17, 15) is 14.4 Å². The monoisotopic (exact) mass is 219 g/mol. The number of carboxylic acid groups (broad SMARTS) is 1. The van der Waals surface area contributed by atoms with Crippen LogP contribution in [0.25, 0.3) is 0 Å². The molecule has 15 heavy (non-hydrogen) atoms. The van der Waals surface area contributed by atoms with Gasteiger partial charge in [-0.25, -0.2) is 9.59 Å². The van der Waals surface area contributed by atoms with Gasteiger partial charge in [0.25, 0.3) is 0 Å². The number of rotatable bonds is 7.